The first-order chi connectivity index (χ1) is 20.0. The number of carbonyl (C=O) groups is 1. The Balaban J connectivity index is 1.47. The number of halogens is 2. The molecule has 234 valence electrons. The van der Waals surface area contributed by atoms with Gasteiger partial charge in [0.05, 0.1) is 17.2 Å². The standard InChI is InChI=1S/C27H36F2N7O4PS2/c1-6-34-14-18(13-30-34)43(38,39)33-23(37)19-7-8-20(31-22(19)35-16-25(4,42-5)15-24(35,2)3)36-12-9-21(32-36)40-17-26(10-11-26)27(28,29)41/h7-9,12-14H,6,10-11,15-17,41H2,1-5H3,(H,33,37)/t25-/m1/s1. The number of nitrogens with one attached hydrogen (secondary N) is 1. The van der Waals surface area contributed by atoms with Crippen LogP contribution in [0.4, 0.5) is 14.6 Å². The summed E-state index contributed by atoms with van der Waals surface area (Å²) >= 11 is 1.72. The van der Waals surface area contributed by atoms with Crippen LogP contribution in [0, 0.1) is 5.41 Å². The Hall–Kier alpha value is -2.77. The minimum absolute atomic E-state index is 0.0793. The number of nitrogens with zero attached hydrogens (tertiary/aromatic N) is 6. The van der Waals surface area contributed by atoms with Crippen molar-refractivity contribution in [1.82, 2.24) is 29.3 Å². The summed E-state index contributed by atoms with van der Waals surface area (Å²) in [7, 11) is -2.60. The molecule has 3 aromatic rings. The van der Waals surface area contributed by atoms with Crippen LogP contribution in [0.15, 0.2) is 41.7 Å². The van der Waals surface area contributed by atoms with Gasteiger partial charge >= 0.3 is 0 Å². The van der Waals surface area contributed by atoms with E-state index in [1.54, 1.807) is 39.3 Å². The summed E-state index contributed by atoms with van der Waals surface area (Å²) in [6.45, 7) is 8.93. The van der Waals surface area contributed by atoms with Crippen molar-refractivity contribution in [2.75, 3.05) is 24.3 Å². The number of ether oxygens (including phenoxy) is 1. The van der Waals surface area contributed by atoms with E-state index < -0.39 is 32.5 Å². The summed E-state index contributed by atoms with van der Waals surface area (Å²) in [5.74, 6) is -0.0142. The van der Waals surface area contributed by atoms with Crippen molar-refractivity contribution in [2.24, 2.45) is 5.41 Å². The predicted octanol–water partition coefficient (Wildman–Crippen LogP) is 4.34. The van der Waals surface area contributed by atoms with E-state index in [9.17, 15) is 22.0 Å². The number of thioether (sulfide) groups is 1. The van der Waals surface area contributed by atoms with E-state index in [4.69, 9.17) is 9.72 Å². The fourth-order valence-electron chi connectivity index (χ4n) is 5.40. The molecule has 16 heteroatoms. The van der Waals surface area contributed by atoms with Gasteiger partial charge in [0.15, 0.2) is 5.82 Å². The lowest BCUT2D eigenvalue weighted by Crippen LogP contribution is -2.41. The van der Waals surface area contributed by atoms with E-state index in [0.717, 1.165) is 6.42 Å². The third-order valence-electron chi connectivity index (χ3n) is 8.21. The first kappa shape index (κ1) is 31.6. The van der Waals surface area contributed by atoms with E-state index in [-0.39, 0.29) is 27.7 Å². The fraction of sp³-hybridized carbons (Fsp3) is 0.556. The third kappa shape index (κ3) is 6.26. The minimum Gasteiger partial charge on any atom is -0.476 e. The summed E-state index contributed by atoms with van der Waals surface area (Å²) in [5.41, 5.74) is -4.47. The Morgan fingerprint density at radius 1 is 1.23 bits per heavy atom. The van der Waals surface area contributed by atoms with E-state index in [0.29, 0.717) is 37.6 Å². The maximum atomic E-state index is 14.0. The quantitative estimate of drug-likeness (QED) is 0.301. The maximum absolute atomic E-state index is 14.0. The molecular formula is C27H36F2N7O4PS2. The summed E-state index contributed by atoms with van der Waals surface area (Å²) in [6, 6.07) is 4.62. The molecule has 5 rings (SSSR count). The number of aromatic nitrogens is 5. The van der Waals surface area contributed by atoms with Crippen LogP contribution in [0.5, 0.6) is 5.88 Å². The molecule has 3 aromatic heterocycles. The molecule has 0 bridgehead atoms. The van der Waals surface area contributed by atoms with Crippen molar-refractivity contribution >= 4 is 42.8 Å². The van der Waals surface area contributed by atoms with Gasteiger partial charge in [-0.05, 0) is 65.3 Å². The summed E-state index contributed by atoms with van der Waals surface area (Å²) in [6.07, 6.45) is 7.71. The third-order valence-corrected chi connectivity index (χ3v) is 11.4. The van der Waals surface area contributed by atoms with Crippen molar-refractivity contribution < 1.29 is 26.7 Å². The lowest BCUT2D eigenvalue weighted by Gasteiger charge is -2.33. The van der Waals surface area contributed by atoms with Crippen LogP contribution < -0.4 is 14.4 Å². The minimum atomic E-state index is -4.20. The highest BCUT2D eigenvalue weighted by Gasteiger charge is 2.60. The van der Waals surface area contributed by atoms with Crippen LogP contribution in [0.25, 0.3) is 5.82 Å². The van der Waals surface area contributed by atoms with E-state index in [1.807, 2.05) is 18.1 Å². The summed E-state index contributed by atoms with van der Waals surface area (Å²) in [4.78, 5) is 20.2. The van der Waals surface area contributed by atoms with Crippen LogP contribution in [0.3, 0.4) is 0 Å². The zero-order valence-corrected chi connectivity index (χ0v) is 27.5. The molecule has 0 spiro atoms. The molecule has 4 heterocycles. The molecule has 2 aliphatic rings. The normalized spacial score (nSPS) is 21.2. The largest absolute Gasteiger partial charge is 0.476 e. The first-order valence-electron chi connectivity index (χ1n) is 13.8. The van der Waals surface area contributed by atoms with Gasteiger partial charge in [0.25, 0.3) is 21.6 Å². The molecule has 2 atom stereocenters. The van der Waals surface area contributed by atoms with Gasteiger partial charge in [0, 0.05) is 41.8 Å². The molecule has 43 heavy (non-hydrogen) atoms. The number of rotatable bonds is 11. The number of amides is 1. The van der Waals surface area contributed by atoms with Crippen molar-refractivity contribution in [2.45, 2.75) is 74.3 Å². The predicted molar refractivity (Wildman–Crippen MR) is 164 cm³/mol. The molecule has 1 aliphatic carbocycles. The molecule has 2 fully saturated rings. The second-order valence-corrected chi connectivity index (χ2v) is 15.8. The highest BCUT2D eigenvalue weighted by atomic mass is 32.2. The zero-order valence-electron chi connectivity index (χ0n) is 24.7. The molecular weight excluding hydrogens is 619 g/mol. The Kier molecular flexibility index (Phi) is 8.09. The van der Waals surface area contributed by atoms with Gasteiger partial charge in [-0.25, -0.2) is 31.6 Å². The molecule has 1 amide bonds. The van der Waals surface area contributed by atoms with Gasteiger partial charge in [0.2, 0.25) is 5.88 Å². The van der Waals surface area contributed by atoms with E-state index in [1.165, 1.54) is 27.8 Å². The van der Waals surface area contributed by atoms with Gasteiger partial charge in [-0.1, -0.05) is 9.24 Å². The van der Waals surface area contributed by atoms with Crippen molar-refractivity contribution in [3.63, 3.8) is 0 Å². The number of anilines is 1. The number of aryl methyl sites for hydroxylation is 1. The number of carbonyl (C=O) groups excluding carboxylic acids is 1. The average molecular weight is 656 g/mol. The van der Waals surface area contributed by atoms with Crippen LogP contribution in [0.1, 0.15) is 57.3 Å². The lowest BCUT2D eigenvalue weighted by molar-refractivity contribution is -0.00452. The molecule has 1 unspecified atom stereocenters. The van der Waals surface area contributed by atoms with Crippen molar-refractivity contribution in [3.8, 4) is 11.7 Å². The molecule has 0 aromatic carbocycles. The Morgan fingerprint density at radius 2 is 1.95 bits per heavy atom. The van der Waals surface area contributed by atoms with E-state index in [2.05, 4.69) is 35.7 Å². The molecule has 1 saturated carbocycles. The second kappa shape index (κ2) is 11.0. The lowest BCUT2D eigenvalue weighted by atomic mass is 9.97. The van der Waals surface area contributed by atoms with Gasteiger partial charge in [-0.3, -0.25) is 9.48 Å². The number of hydrogen-bond donors (Lipinski definition) is 1. The van der Waals surface area contributed by atoms with Crippen LogP contribution in [0.2, 0.25) is 0 Å². The van der Waals surface area contributed by atoms with Gasteiger partial charge in [-0.2, -0.15) is 16.9 Å². The fourth-order valence-corrected chi connectivity index (χ4v) is 7.45. The number of pyridine rings is 1. The summed E-state index contributed by atoms with van der Waals surface area (Å²) in [5, 5.41) is 8.38. The maximum Gasteiger partial charge on any atom is 0.268 e. The molecule has 11 nitrogen and oxygen atoms in total. The SMILES string of the molecule is CCn1cc(S(=O)(=O)NC(=O)c2ccc(-n3ccc(OCC4(C(F)(F)P)CC4)n3)nc2N2C[C@](C)(SC)CC2(C)C)cn1. The number of hydrogen-bond acceptors (Lipinski definition) is 9. The molecule has 1 N–H and O–H groups in total. The van der Waals surface area contributed by atoms with Gasteiger partial charge < -0.3 is 9.64 Å². The van der Waals surface area contributed by atoms with Crippen LogP contribution >= 0.6 is 21.0 Å². The Morgan fingerprint density at radius 3 is 2.53 bits per heavy atom. The smallest absolute Gasteiger partial charge is 0.268 e. The highest BCUT2D eigenvalue weighted by Crippen LogP contribution is 2.59. The van der Waals surface area contributed by atoms with Gasteiger partial charge in [0.1, 0.15) is 17.3 Å². The number of sulfonamides is 1. The van der Waals surface area contributed by atoms with Crippen LogP contribution in [-0.4, -0.2) is 74.2 Å². The zero-order chi connectivity index (χ0) is 31.4. The summed E-state index contributed by atoms with van der Waals surface area (Å²) < 4.78 is 64.6. The van der Waals surface area contributed by atoms with Gasteiger partial charge in [-0.15, -0.1) is 5.10 Å². The highest BCUT2D eigenvalue weighted by molar-refractivity contribution is 8.00. The molecule has 1 saturated heterocycles. The van der Waals surface area contributed by atoms with Crippen molar-refractivity contribution in [3.05, 3.63) is 42.4 Å². The topological polar surface area (TPSA) is 124 Å². The Labute approximate surface area is 256 Å². The number of alkyl halides is 2. The monoisotopic (exact) mass is 655 g/mol. The van der Waals surface area contributed by atoms with Crippen LogP contribution in [-0.2, 0) is 16.6 Å². The first-order valence-corrected chi connectivity index (χ1v) is 17.1. The second-order valence-electron chi connectivity index (χ2n) is 12.0. The van der Waals surface area contributed by atoms with Crippen molar-refractivity contribution in [1.29, 1.82) is 0 Å². The Bertz CT molecular complexity index is 1640. The molecule has 0 radical (unpaired) electrons. The van der Waals surface area contributed by atoms with E-state index >= 15 is 0 Å². The molecule has 1 aliphatic heterocycles. The average Bonchev–Trinajstić information content (AvgIpc) is 3.26.